The van der Waals surface area contributed by atoms with Gasteiger partial charge in [0, 0.05) is 42.4 Å². The SMILES string of the molecule is COc1ccc(CNc2nc3c(OC)cccc3c3nc(C4CNCC(F)(F)C4)nn23)c(OC)c1. The molecule has 1 aliphatic rings. The summed E-state index contributed by atoms with van der Waals surface area (Å²) < 4.78 is 46.0. The van der Waals surface area contributed by atoms with Gasteiger partial charge in [-0.15, -0.1) is 5.10 Å². The molecular weight excluding hydrogens is 458 g/mol. The largest absolute Gasteiger partial charge is 0.497 e. The highest BCUT2D eigenvalue weighted by atomic mass is 19.3. The highest BCUT2D eigenvalue weighted by molar-refractivity contribution is 5.96. The van der Waals surface area contributed by atoms with Gasteiger partial charge in [-0.1, -0.05) is 6.07 Å². The maximum atomic E-state index is 14.1. The van der Waals surface area contributed by atoms with Gasteiger partial charge in [-0.05, 0) is 24.3 Å². The van der Waals surface area contributed by atoms with Crippen LogP contribution in [0.4, 0.5) is 14.7 Å². The smallest absolute Gasteiger partial charge is 0.261 e. The molecule has 0 saturated carbocycles. The van der Waals surface area contributed by atoms with E-state index < -0.39 is 11.8 Å². The number of methoxy groups -OCH3 is 3. The van der Waals surface area contributed by atoms with Gasteiger partial charge in [0.25, 0.3) is 5.92 Å². The van der Waals surface area contributed by atoms with Crippen molar-refractivity contribution in [3.05, 3.63) is 47.8 Å². The first-order valence-corrected chi connectivity index (χ1v) is 11.2. The number of piperidine rings is 1. The van der Waals surface area contributed by atoms with Crippen molar-refractivity contribution in [3.8, 4) is 17.2 Å². The molecule has 0 aliphatic carbocycles. The number of alkyl halides is 2. The number of rotatable bonds is 7. The molecule has 5 rings (SSSR count). The Morgan fingerprint density at radius 2 is 1.91 bits per heavy atom. The molecule has 1 atom stereocenters. The van der Waals surface area contributed by atoms with Crippen LogP contribution >= 0.6 is 0 Å². The van der Waals surface area contributed by atoms with E-state index in [1.165, 1.54) is 0 Å². The van der Waals surface area contributed by atoms with E-state index >= 15 is 0 Å². The lowest BCUT2D eigenvalue weighted by molar-refractivity contribution is -0.0286. The van der Waals surface area contributed by atoms with Crippen LogP contribution in [0.2, 0.25) is 0 Å². The van der Waals surface area contributed by atoms with Crippen molar-refractivity contribution >= 4 is 22.5 Å². The van der Waals surface area contributed by atoms with Gasteiger partial charge in [0.2, 0.25) is 5.95 Å². The van der Waals surface area contributed by atoms with Crippen LogP contribution in [0.5, 0.6) is 17.2 Å². The number of ether oxygens (including phenoxy) is 3. The lowest BCUT2D eigenvalue weighted by Crippen LogP contribution is -2.43. The number of aromatic nitrogens is 4. The zero-order valence-corrected chi connectivity index (χ0v) is 19.6. The Bertz CT molecular complexity index is 1380. The van der Waals surface area contributed by atoms with Gasteiger partial charge in [-0.25, -0.2) is 18.7 Å². The zero-order chi connectivity index (χ0) is 24.6. The van der Waals surface area contributed by atoms with E-state index in [0.29, 0.717) is 58.7 Å². The number of nitrogens with one attached hydrogen (secondary N) is 2. The third-order valence-corrected chi connectivity index (χ3v) is 6.12. The Kier molecular flexibility index (Phi) is 6.01. The molecule has 0 bridgehead atoms. The predicted octanol–water partition coefficient (Wildman–Crippen LogP) is 3.63. The standard InChI is InChI=1S/C24H26F2N6O3/c1-33-16-8-7-14(19(9-16)35-3)12-28-23-29-20-17(5-4-6-18(20)34-2)22-30-21(31-32(22)23)15-10-24(25,26)13-27-11-15/h4-9,15,27H,10-13H2,1-3H3,(H,28,29). The minimum atomic E-state index is -2.81. The summed E-state index contributed by atoms with van der Waals surface area (Å²) in [6, 6.07) is 11.0. The average molecular weight is 485 g/mol. The van der Waals surface area contributed by atoms with E-state index in [2.05, 4.69) is 20.7 Å². The van der Waals surface area contributed by atoms with Crippen LogP contribution in [-0.2, 0) is 6.54 Å². The molecule has 11 heteroatoms. The van der Waals surface area contributed by atoms with Gasteiger partial charge >= 0.3 is 0 Å². The quantitative estimate of drug-likeness (QED) is 0.411. The van der Waals surface area contributed by atoms with E-state index in [9.17, 15) is 8.78 Å². The fourth-order valence-corrected chi connectivity index (χ4v) is 4.36. The molecule has 1 saturated heterocycles. The summed E-state index contributed by atoms with van der Waals surface area (Å²) >= 11 is 0. The summed E-state index contributed by atoms with van der Waals surface area (Å²) in [5.74, 6) is -0.667. The number of halogens is 2. The molecule has 2 aromatic heterocycles. The highest BCUT2D eigenvalue weighted by Crippen LogP contribution is 2.34. The molecule has 1 aliphatic heterocycles. The summed E-state index contributed by atoms with van der Waals surface area (Å²) in [5, 5.41) is 11.4. The molecule has 3 heterocycles. The summed E-state index contributed by atoms with van der Waals surface area (Å²) in [6.07, 6.45) is -0.308. The highest BCUT2D eigenvalue weighted by Gasteiger charge is 2.38. The molecule has 4 aromatic rings. The number of benzene rings is 2. The molecule has 2 aromatic carbocycles. The van der Waals surface area contributed by atoms with Gasteiger partial charge in [0.1, 0.15) is 22.8 Å². The Morgan fingerprint density at radius 1 is 1.09 bits per heavy atom. The predicted molar refractivity (Wildman–Crippen MR) is 127 cm³/mol. The van der Waals surface area contributed by atoms with Crippen LogP contribution in [0.1, 0.15) is 23.7 Å². The summed E-state index contributed by atoms with van der Waals surface area (Å²) in [4.78, 5) is 9.44. The monoisotopic (exact) mass is 484 g/mol. The molecule has 9 nitrogen and oxygen atoms in total. The second kappa shape index (κ2) is 9.14. The number of hydrogen-bond acceptors (Lipinski definition) is 8. The van der Waals surface area contributed by atoms with Crippen LogP contribution in [-0.4, -0.2) is 59.9 Å². The van der Waals surface area contributed by atoms with Crippen molar-refractivity contribution in [2.75, 3.05) is 39.7 Å². The molecule has 0 radical (unpaired) electrons. The summed E-state index contributed by atoms with van der Waals surface area (Å²) in [6.45, 7) is 0.413. The Morgan fingerprint density at radius 3 is 2.66 bits per heavy atom. The van der Waals surface area contributed by atoms with Gasteiger partial charge in [-0.2, -0.15) is 4.52 Å². The van der Waals surface area contributed by atoms with E-state index in [-0.39, 0.29) is 13.0 Å². The second-order valence-corrected chi connectivity index (χ2v) is 8.42. The molecule has 2 N–H and O–H groups in total. The van der Waals surface area contributed by atoms with Crippen LogP contribution < -0.4 is 24.8 Å². The molecule has 35 heavy (non-hydrogen) atoms. The number of para-hydroxylation sites is 1. The van der Waals surface area contributed by atoms with E-state index in [0.717, 1.165) is 5.56 Å². The Hall–Kier alpha value is -3.73. The van der Waals surface area contributed by atoms with Crippen molar-refractivity contribution in [2.45, 2.75) is 24.8 Å². The van der Waals surface area contributed by atoms with Crippen LogP contribution in [0.15, 0.2) is 36.4 Å². The maximum absolute atomic E-state index is 14.1. The second-order valence-electron chi connectivity index (χ2n) is 8.42. The van der Waals surface area contributed by atoms with Crippen molar-refractivity contribution < 1.29 is 23.0 Å². The fourth-order valence-electron chi connectivity index (χ4n) is 4.36. The minimum absolute atomic E-state index is 0.308. The first-order chi connectivity index (χ1) is 16.9. The van der Waals surface area contributed by atoms with E-state index in [1.807, 2.05) is 30.3 Å². The first-order valence-electron chi connectivity index (χ1n) is 11.2. The van der Waals surface area contributed by atoms with Gasteiger partial charge in [-0.3, -0.25) is 0 Å². The molecular formula is C24H26F2N6O3. The first kappa shape index (κ1) is 23.0. The van der Waals surface area contributed by atoms with Crippen LogP contribution in [0.25, 0.3) is 16.6 Å². The number of fused-ring (bicyclic) bond motifs is 3. The minimum Gasteiger partial charge on any atom is -0.497 e. The Balaban J connectivity index is 1.58. The van der Waals surface area contributed by atoms with Gasteiger partial charge in [0.05, 0.1) is 27.9 Å². The van der Waals surface area contributed by atoms with Gasteiger partial charge < -0.3 is 24.8 Å². The Labute approximate surface area is 200 Å². The van der Waals surface area contributed by atoms with E-state index in [4.69, 9.17) is 19.2 Å². The van der Waals surface area contributed by atoms with Crippen molar-refractivity contribution in [3.63, 3.8) is 0 Å². The molecule has 0 amide bonds. The molecule has 1 unspecified atom stereocenters. The maximum Gasteiger partial charge on any atom is 0.261 e. The summed E-state index contributed by atoms with van der Waals surface area (Å²) in [5.41, 5.74) is 1.99. The lowest BCUT2D eigenvalue weighted by atomic mass is 9.96. The average Bonchev–Trinajstić information content (AvgIpc) is 3.32. The third-order valence-electron chi connectivity index (χ3n) is 6.12. The number of anilines is 1. The lowest BCUT2D eigenvalue weighted by Gasteiger charge is -2.27. The molecule has 184 valence electrons. The van der Waals surface area contributed by atoms with Crippen molar-refractivity contribution in [2.24, 2.45) is 0 Å². The van der Waals surface area contributed by atoms with E-state index in [1.54, 1.807) is 31.9 Å². The normalized spacial score (nSPS) is 17.5. The number of hydrogen-bond donors (Lipinski definition) is 2. The summed E-state index contributed by atoms with van der Waals surface area (Å²) in [7, 11) is 4.75. The fraction of sp³-hybridized carbons (Fsp3) is 0.375. The van der Waals surface area contributed by atoms with Crippen molar-refractivity contribution in [1.82, 2.24) is 24.9 Å². The topological polar surface area (TPSA) is 94.8 Å². The zero-order valence-electron chi connectivity index (χ0n) is 19.6. The van der Waals surface area contributed by atoms with Gasteiger partial charge in [0.15, 0.2) is 11.5 Å². The van der Waals surface area contributed by atoms with Crippen molar-refractivity contribution in [1.29, 1.82) is 0 Å². The molecule has 0 spiro atoms. The van der Waals surface area contributed by atoms with Crippen LogP contribution in [0, 0.1) is 0 Å². The third kappa shape index (κ3) is 4.39. The molecule has 1 fully saturated rings. The number of nitrogens with zero attached hydrogens (tertiary/aromatic N) is 4. The van der Waals surface area contributed by atoms with Crippen LogP contribution in [0.3, 0.4) is 0 Å².